The van der Waals surface area contributed by atoms with Crippen molar-refractivity contribution in [3.8, 4) is 0 Å². The number of benzene rings is 1. The van der Waals surface area contributed by atoms with Crippen LogP contribution in [0.15, 0.2) is 36.1 Å². The van der Waals surface area contributed by atoms with E-state index in [0.29, 0.717) is 0 Å². The molecule has 2 nitrogen and oxygen atoms in total. The van der Waals surface area contributed by atoms with Gasteiger partial charge in [0.2, 0.25) is 0 Å². The lowest BCUT2D eigenvalue weighted by molar-refractivity contribution is 0.0950. The van der Waals surface area contributed by atoms with Gasteiger partial charge in [-0.1, -0.05) is 30.3 Å². The normalized spacial score (nSPS) is 23.8. The highest BCUT2D eigenvalue weighted by atomic mass is 16.8. The van der Waals surface area contributed by atoms with Gasteiger partial charge >= 0.3 is 0 Å². The SMILES string of the molecule is COC1OC1=Cc1ccccc1. The highest BCUT2D eigenvalue weighted by Crippen LogP contribution is 2.29. The predicted octanol–water partition coefficient (Wildman–Crippen LogP) is 2.03. The van der Waals surface area contributed by atoms with Gasteiger partial charge in [-0.25, -0.2) is 0 Å². The van der Waals surface area contributed by atoms with Gasteiger partial charge in [-0.3, -0.25) is 0 Å². The summed E-state index contributed by atoms with van der Waals surface area (Å²) < 4.78 is 10.1. The standard InChI is InChI=1S/C10H10O2/c1-11-10-9(12-10)7-8-5-3-2-4-6-8/h2-7,10H,1H3. The molecule has 1 aromatic rings. The second-order valence-electron chi connectivity index (χ2n) is 2.64. The number of hydrogen-bond donors (Lipinski definition) is 0. The molecule has 0 saturated carbocycles. The molecule has 0 N–H and O–H groups in total. The highest BCUT2D eigenvalue weighted by molar-refractivity contribution is 5.54. The minimum Gasteiger partial charge on any atom is -0.455 e. The molecular weight excluding hydrogens is 152 g/mol. The molecule has 1 aliphatic heterocycles. The third-order valence-corrected chi connectivity index (χ3v) is 1.74. The first-order valence-electron chi connectivity index (χ1n) is 3.86. The van der Waals surface area contributed by atoms with Gasteiger partial charge in [-0.15, -0.1) is 0 Å². The van der Waals surface area contributed by atoms with Gasteiger partial charge in [-0.2, -0.15) is 0 Å². The first-order valence-corrected chi connectivity index (χ1v) is 3.86. The average Bonchev–Trinajstić information content (AvgIpc) is 2.85. The van der Waals surface area contributed by atoms with Gasteiger partial charge < -0.3 is 9.47 Å². The van der Waals surface area contributed by atoms with E-state index in [1.807, 2.05) is 36.4 Å². The number of rotatable bonds is 2. The monoisotopic (exact) mass is 162 g/mol. The lowest BCUT2D eigenvalue weighted by Gasteiger charge is -1.86. The van der Waals surface area contributed by atoms with E-state index in [0.717, 1.165) is 11.3 Å². The maximum Gasteiger partial charge on any atom is 0.258 e. The fourth-order valence-corrected chi connectivity index (χ4v) is 1.07. The van der Waals surface area contributed by atoms with Crippen LogP contribution >= 0.6 is 0 Å². The Morgan fingerprint density at radius 3 is 2.67 bits per heavy atom. The summed E-state index contributed by atoms with van der Waals surface area (Å²) in [6.07, 6.45) is 1.87. The fourth-order valence-electron chi connectivity index (χ4n) is 1.07. The van der Waals surface area contributed by atoms with Crippen molar-refractivity contribution in [3.05, 3.63) is 41.7 Å². The molecule has 0 amide bonds. The quantitative estimate of drug-likeness (QED) is 0.620. The molecule has 1 saturated heterocycles. The van der Waals surface area contributed by atoms with E-state index >= 15 is 0 Å². The van der Waals surface area contributed by atoms with Crippen molar-refractivity contribution < 1.29 is 9.47 Å². The Kier molecular flexibility index (Phi) is 1.84. The van der Waals surface area contributed by atoms with Crippen molar-refractivity contribution in [1.82, 2.24) is 0 Å². The Labute approximate surface area is 71.4 Å². The van der Waals surface area contributed by atoms with Gasteiger partial charge in [0.15, 0.2) is 5.76 Å². The van der Waals surface area contributed by atoms with E-state index in [1.54, 1.807) is 7.11 Å². The maximum atomic E-state index is 5.11. The van der Waals surface area contributed by atoms with Crippen LogP contribution in [0.4, 0.5) is 0 Å². The number of methoxy groups -OCH3 is 1. The first kappa shape index (κ1) is 7.37. The van der Waals surface area contributed by atoms with E-state index in [-0.39, 0.29) is 6.29 Å². The van der Waals surface area contributed by atoms with E-state index in [4.69, 9.17) is 9.47 Å². The van der Waals surface area contributed by atoms with Gasteiger partial charge in [0.05, 0.1) is 0 Å². The summed E-state index contributed by atoms with van der Waals surface area (Å²) in [5.74, 6) is 0.906. The van der Waals surface area contributed by atoms with Crippen LogP contribution in [0.1, 0.15) is 5.56 Å². The molecule has 1 heterocycles. The van der Waals surface area contributed by atoms with Crippen molar-refractivity contribution in [2.24, 2.45) is 0 Å². The van der Waals surface area contributed by atoms with Gasteiger partial charge in [0, 0.05) is 7.11 Å². The molecule has 62 valence electrons. The Morgan fingerprint density at radius 1 is 1.33 bits per heavy atom. The van der Waals surface area contributed by atoms with Gasteiger partial charge in [-0.05, 0) is 11.6 Å². The molecular formula is C10H10O2. The summed E-state index contributed by atoms with van der Waals surface area (Å²) in [6.45, 7) is 0. The average molecular weight is 162 g/mol. The van der Waals surface area contributed by atoms with E-state index < -0.39 is 0 Å². The molecule has 2 heteroatoms. The highest BCUT2D eigenvalue weighted by Gasteiger charge is 2.32. The fraction of sp³-hybridized carbons (Fsp3) is 0.200. The van der Waals surface area contributed by atoms with E-state index in [1.165, 1.54) is 0 Å². The lowest BCUT2D eigenvalue weighted by atomic mass is 10.2. The van der Waals surface area contributed by atoms with Crippen molar-refractivity contribution in [2.45, 2.75) is 6.29 Å². The topological polar surface area (TPSA) is 21.8 Å². The molecule has 12 heavy (non-hydrogen) atoms. The van der Waals surface area contributed by atoms with Crippen LogP contribution in [0.5, 0.6) is 0 Å². The van der Waals surface area contributed by atoms with E-state index in [9.17, 15) is 0 Å². The zero-order valence-corrected chi connectivity index (χ0v) is 6.86. The molecule has 0 bridgehead atoms. The summed E-state index contributed by atoms with van der Waals surface area (Å²) >= 11 is 0. The van der Waals surface area contributed by atoms with Crippen molar-refractivity contribution in [2.75, 3.05) is 7.11 Å². The van der Waals surface area contributed by atoms with Crippen LogP contribution in [0, 0.1) is 0 Å². The number of ether oxygens (including phenoxy) is 2. The summed E-state index contributed by atoms with van der Waals surface area (Å²) in [4.78, 5) is 0. The van der Waals surface area contributed by atoms with Crippen LogP contribution in [0.3, 0.4) is 0 Å². The Balaban J connectivity index is 2.10. The zero-order chi connectivity index (χ0) is 8.39. The van der Waals surface area contributed by atoms with Crippen molar-refractivity contribution >= 4 is 6.08 Å². The first-order chi connectivity index (χ1) is 5.90. The second-order valence-corrected chi connectivity index (χ2v) is 2.64. The van der Waals surface area contributed by atoms with Gasteiger partial charge in [0.1, 0.15) is 0 Å². The van der Waals surface area contributed by atoms with E-state index in [2.05, 4.69) is 0 Å². The van der Waals surface area contributed by atoms with Crippen LogP contribution < -0.4 is 0 Å². The molecule has 1 fully saturated rings. The summed E-state index contributed by atoms with van der Waals surface area (Å²) in [6, 6.07) is 10.0. The molecule has 0 aliphatic carbocycles. The van der Waals surface area contributed by atoms with Crippen LogP contribution in [0.25, 0.3) is 6.08 Å². The lowest BCUT2D eigenvalue weighted by Crippen LogP contribution is -1.83. The Bertz CT molecular complexity index is 290. The van der Waals surface area contributed by atoms with Gasteiger partial charge in [0.25, 0.3) is 6.29 Å². The number of epoxide rings is 1. The third kappa shape index (κ3) is 1.48. The smallest absolute Gasteiger partial charge is 0.258 e. The molecule has 0 aromatic heterocycles. The largest absolute Gasteiger partial charge is 0.455 e. The summed E-state index contributed by atoms with van der Waals surface area (Å²) in [5.41, 5.74) is 1.15. The molecule has 0 radical (unpaired) electrons. The molecule has 1 aliphatic rings. The van der Waals surface area contributed by atoms with Crippen LogP contribution in [-0.2, 0) is 9.47 Å². The Hall–Kier alpha value is -1.28. The molecule has 2 rings (SSSR count). The predicted molar refractivity (Wildman–Crippen MR) is 46.3 cm³/mol. The zero-order valence-electron chi connectivity index (χ0n) is 6.86. The Morgan fingerprint density at radius 2 is 2.08 bits per heavy atom. The minimum absolute atomic E-state index is 0.106. The number of hydrogen-bond acceptors (Lipinski definition) is 2. The summed E-state index contributed by atoms with van der Waals surface area (Å²) in [5, 5.41) is 0. The third-order valence-electron chi connectivity index (χ3n) is 1.74. The van der Waals surface area contributed by atoms with Crippen LogP contribution in [0.2, 0.25) is 0 Å². The molecule has 1 aromatic carbocycles. The van der Waals surface area contributed by atoms with Crippen molar-refractivity contribution in [1.29, 1.82) is 0 Å². The second kappa shape index (κ2) is 2.99. The van der Waals surface area contributed by atoms with Crippen LogP contribution in [-0.4, -0.2) is 13.4 Å². The maximum absolute atomic E-state index is 5.11. The molecule has 0 spiro atoms. The minimum atomic E-state index is -0.106. The molecule has 1 atom stereocenters. The van der Waals surface area contributed by atoms with Crippen molar-refractivity contribution in [3.63, 3.8) is 0 Å². The molecule has 1 unspecified atom stereocenters. The summed E-state index contributed by atoms with van der Waals surface area (Å²) in [7, 11) is 1.64.